The first-order valence-corrected chi connectivity index (χ1v) is 8.03. The molecule has 2 aliphatic rings. The second-order valence-electron chi connectivity index (χ2n) is 6.40. The Labute approximate surface area is 148 Å². The van der Waals surface area contributed by atoms with Crippen LogP contribution in [0, 0.1) is 5.41 Å². The van der Waals surface area contributed by atoms with E-state index in [1.165, 1.54) is 0 Å². The van der Waals surface area contributed by atoms with Gasteiger partial charge in [-0.3, -0.25) is 24.1 Å². The van der Waals surface area contributed by atoms with Crippen molar-refractivity contribution in [2.24, 2.45) is 5.41 Å². The second kappa shape index (κ2) is 5.39. The molecule has 1 fully saturated rings. The van der Waals surface area contributed by atoms with Crippen LogP contribution >= 0.6 is 0 Å². The van der Waals surface area contributed by atoms with Crippen molar-refractivity contribution >= 4 is 34.5 Å². The first kappa shape index (κ1) is 16.3. The first-order valence-electron chi connectivity index (χ1n) is 8.03. The number of nitrogens with zero attached hydrogens (tertiary/aromatic N) is 1. The van der Waals surface area contributed by atoms with Crippen molar-refractivity contribution < 1.29 is 28.7 Å². The molecule has 0 spiro atoms. The summed E-state index contributed by atoms with van der Waals surface area (Å²) < 4.78 is 9.42. The summed E-state index contributed by atoms with van der Waals surface area (Å²) in [5.41, 5.74) is -1.11. The number of hydrogen-bond acceptors (Lipinski definition) is 6. The molecule has 0 N–H and O–H groups in total. The maximum absolute atomic E-state index is 12.8. The Kier molecular flexibility index (Phi) is 3.37. The van der Waals surface area contributed by atoms with Crippen molar-refractivity contribution in [2.45, 2.75) is 12.5 Å². The van der Waals surface area contributed by atoms with Gasteiger partial charge in [0.15, 0.2) is 5.41 Å². The molecule has 2 aromatic rings. The molecule has 2 amide bonds. The number of rotatable bonds is 3. The lowest BCUT2D eigenvalue weighted by molar-refractivity contribution is -0.161. The summed E-state index contributed by atoms with van der Waals surface area (Å²) in [6.07, 6.45) is -0.00264. The highest BCUT2D eigenvalue weighted by molar-refractivity contribution is 6.24. The molecule has 4 rings (SSSR count). The Bertz CT molecular complexity index is 924. The molecule has 0 radical (unpaired) electrons. The average molecular weight is 353 g/mol. The van der Waals surface area contributed by atoms with Gasteiger partial charge in [-0.05, 0) is 29.3 Å². The van der Waals surface area contributed by atoms with E-state index in [9.17, 15) is 19.2 Å². The van der Waals surface area contributed by atoms with Crippen molar-refractivity contribution in [1.29, 1.82) is 0 Å². The number of esters is 2. The van der Waals surface area contributed by atoms with Crippen LogP contribution in [0.15, 0.2) is 36.4 Å². The van der Waals surface area contributed by atoms with E-state index in [-0.39, 0.29) is 17.5 Å². The number of hydrogen-bond donors (Lipinski definition) is 0. The Morgan fingerprint density at radius 1 is 0.962 bits per heavy atom. The van der Waals surface area contributed by atoms with Crippen molar-refractivity contribution in [2.75, 3.05) is 14.2 Å². The Morgan fingerprint density at radius 2 is 1.42 bits per heavy atom. The summed E-state index contributed by atoms with van der Waals surface area (Å²) in [6, 6.07) is 9.79. The maximum atomic E-state index is 12.8. The number of carbonyl (C=O) groups excluding carboxylic acids is 4. The van der Waals surface area contributed by atoms with Gasteiger partial charge in [0.2, 0.25) is 0 Å². The molecule has 1 atom stereocenters. The van der Waals surface area contributed by atoms with E-state index in [1.807, 2.05) is 24.3 Å². The molecule has 7 nitrogen and oxygen atoms in total. The number of fused-ring (bicyclic) bond motifs is 2. The largest absolute Gasteiger partial charge is 0.468 e. The molecule has 7 heteroatoms. The summed E-state index contributed by atoms with van der Waals surface area (Å²) in [5.74, 6) is -2.65. The van der Waals surface area contributed by atoms with Gasteiger partial charge in [0, 0.05) is 0 Å². The third kappa shape index (κ3) is 1.94. The minimum absolute atomic E-state index is 0.00264. The van der Waals surface area contributed by atoms with Crippen LogP contribution in [0.2, 0.25) is 0 Å². The Hall–Kier alpha value is -3.22. The standard InChI is InChI=1S/C19H15NO6/c1-25-17(23)19(18(24)26-2)9-14(19)20-15(21)12-7-10-5-3-4-6-11(10)8-13(12)16(20)22/h3-8,14H,9H2,1-2H3. The fourth-order valence-electron chi connectivity index (χ4n) is 3.67. The van der Waals surface area contributed by atoms with Crippen molar-refractivity contribution in [3.8, 4) is 0 Å². The molecule has 132 valence electrons. The van der Waals surface area contributed by atoms with Crippen LogP contribution in [-0.4, -0.2) is 48.9 Å². The summed E-state index contributed by atoms with van der Waals surface area (Å²) in [6.45, 7) is 0. The smallest absolute Gasteiger partial charge is 0.325 e. The van der Waals surface area contributed by atoms with Crippen molar-refractivity contribution in [1.82, 2.24) is 4.90 Å². The van der Waals surface area contributed by atoms with Crippen LogP contribution in [0.3, 0.4) is 0 Å². The minimum atomic E-state index is -1.64. The molecule has 1 aliphatic heterocycles. The molecule has 26 heavy (non-hydrogen) atoms. The highest BCUT2D eigenvalue weighted by Crippen LogP contribution is 2.53. The van der Waals surface area contributed by atoms with Crippen LogP contribution in [0.25, 0.3) is 10.8 Å². The molecule has 1 aliphatic carbocycles. The predicted molar refractivity (Wildman–Crippen MR) is 89.3 cm³/mol. The van der Waals surface area contributed by atoms with Crippen LogP contribution < -0.4 is 0 Å². The highest BCUT2D eigenvalue weighted by atomic mass is 16.5. The van der Waals surface area contributed by atoms with E-state index in [0.717, 1.165) is 29.9 Å². The lowest BCUT2D eigenvalue weighted by Gasteiger charge is -2.18. The number of amides is 2. The molecule has 1 saturated carbocycles. The minimum Gasteiger partial charge on any atom is -0.468 e. The first-order chi connectivity index (χ1) is 12.5. The van der Waals surface area contributed by atoms with E-state index in [1.54, 1.807) is 12.1 Å². The molecule has 0 saturated heterocycles. The lowest BCUT2D eigenvalue weighted by Crippen LogP contribution is -2.41. The topological polar surface area (TPSA) is 90.0 Å². The zero-order valence-electron chi connectivity index (χ0n) is 14.1. The van der Waals surface area contributed by atoms with E-state index in [2.05, 4.69) is 0 Å². The molecule has 1 heterocycles. The highest BCUT2D eigenvalue weighted by Gasteiger charge is 2.72. The van der Waals surface area contributed by atoms with E-state index < -0.39 is 35.2 Å². The van der Waals surface area contributed by atoms with Crippen molar-refractivity contribution in [3.05, 3.63) is 47.5 Å². The predicted octanol–water partition coefficient (Wildman–Crippen LogP) is 1.54. The van der Waals surface area contributed by atoms with Gasteiger partial charge in [-0.2, -0.15) is 0 Å². The SMILES string of the molecule is COC(=O)C1(C(=O)OC)CC1N1C(=O)c2cc3ccccc3cc2C1=O. The summed E-state index contributed by atoms with van der Waals surface area (Å²) in [7, 11) is 2.30. The van der Waals surface area contributed by atoms with Crippen LogP contribution in [0.4, 0.5) is 0 Å². The van der Waals surface area contributed by atoms with Crippen LogP contribution in [-0.2, 0) is 19.1 Å². The summed E-state index contributed by atoms with van der Waals surface area (Å²) in [4.78, 5) is 51.0. The normalized spacial score (nSPS) is 20.1. The van der Waals surface area contributed by atoms with Gasteiger partial charge in [-0.25, -0.2) is 0 Å². The van der Waals surface area contributed by atoms with Crippen LogP contribution in [0.1, 0.15) is 27.1 Å². The fraction of sp³-hybridized carbons (Fsp3) is 0.263. The maximum Gasteiger partial charge on any atom is 0.325 e. The number of imide groups is 1. The van der Waals surface area contributed by atoms with E-state index in [0.29, 0.717) is 0 Å². The second-order valence-corrected chi connectivity index (χ2v) is 6.40. The number of benzene rings is 2. The molecule has 0 bridgehead atoms. The van der Waals surface area contributed by atoms with Gasteiger partial charge in [0.05, 0.1) is 31.4 Å². The van der Waals surface area contributed by atoms with E-state index in [4.69, 9.17) is 9.47 Å². The third-order valence-corrected chi connectivity index (χ3v) is 5.12. The molecule has 1 unspecified atom stereocenters. The lowest BCUT2D eigenvalue weighted by atomic mass is 10.0. The Balaban J connectivity index is 1.76. The molecular weight excluding hydrogens is 338 g/mol. The number of ether oxygens (including phenoxy) is 2. The average Bonchev–Trinajstić information content (AvgIpc) is 3.36. The third-order valence-electron chi connectivity index (χ3n) is 5.12. The number of carbonyl (C=O) groups is 4. The van der Waals surface area contributed by atoms with Gasteiger partial charge in [-0.15, -0.1) is 0 Å². The van der Waals surface area contributed by atoms with Gasteiger partial charge >= 0.3 is 11.9 Å². The molecule has 2 aromatic carbocycles. The zero-order valence-corrected chi connectivity index (χ0v) is 14.1. The van der Waals surface area contributed by atoms with Gasteiger partial charge in [-0.1, -0.05) is 24.3 Å². The summed E-state index contributed by atoms with van der Waals surface area (Å²) >= 11 is 0. The number of methoxy groups -OCH3 is 2. The fourth-order valence-corrected chi connectivity index (χ4v) is 3.67. The Morgan fingerprint density at radius 3 is 1.85 bits per heavy atom. The van der Waals surface area contributed by atoms with Crippen molar-refractivity contribution in [3.63, 3.8) is 0 Å². The summed E-state index contributed by atoms with van der Waals surface area (Å²) in [5, 5.41) is 1.66. The van der Waals surface area contributed by atoms with Crippen LogP contribution in [0.5, 0.6) is 0 Å². The molecule has 0 aromatic heterocycles. The molecular formula is C19H15NO6. The van der Waals surface area contributed by atoms with Gasteiger partial charge in [0.25, 0.3) is 11.8 Å². The quantitative estimate of drug-likeness (QED) is 0.472. The monoisotopic (exact) mass is 353 g/mol. The zero-order chi connectivity index (χ0) is 18.6. The van der Waals surface area contributed by atoms with Gasteiger partial charge < -0.3 is 9.47 Å². The van der Waals surface area contributed by atoms with Gasteiger partial charge in [0.1, 0.15) is 0 Å². The van der Waals surface area contributed by atoms with E-state index >= 15 is 0 Å².